The summed E-state index contributed by atoms with van der Waals surface area (Å²) < 4.78 is 5.55. The van der Waals surface area contributed by atoms with Crippen molar-refractivity contribution in [2.24, 2.45) is 5.92 Å². The Bertz CT molecular complexity index is 550. The van der Waals surface area contributed by atoms with Crippen molar-refractivity contribution in [3.05, 3.63) is 29.8 Å². The lowest BCUT2D eigenvalue weighted by molar-refractivity contribution is -0.0921. The summed E-state index contributed by atoms with van der Waals surface area (Å²) in [4.78, 5) is 13.8. The maximum absolute atomic E-state index is 12.2. The SMILES string of the molecule is O=C(N[C@H]1COc2ccccc21)N1CC(O)(C2CC2)C1. The molecule has 1 aliphatic carbocycles. The van der Waals surface area contributed by atoms with Crippen molar-refractivity contribution in [3.8, 4) is 5.75 Å². The number of rotatable bonds is 2. The molecule has 2 heterocycles. The molecule has 5 heteroatoms. The molecule has 1 aromatic carbocycles. The molecule has 0 aromatic heterocycles. The van der Waals surface area contributed by atoms with Gasteiger partial charge in [0.2, 0.25) is 0 Å². The van der Waals surface area contributed by atoms with Crippen molar-refractivity contribution in [1.29, 1.82) is 0 Å². The first kappa shape index (κ1) is 12.0. The largest absolute Gasteiger partial charge is 0.491 e. The van der Waals surface area contributed by atoms with E-state index in [1.54, 1.807) is 4.90 Å². The second-order valence-corrected chi connectivity index (χ2v) is 6.08. The van der Waals surface area contributed by atoms with Gasteiger partial charge in [-0.1, -0.05) is 18.2 Å². The Labute approximate surface area is 117 Å². The van der Waals surface area contributed by atoms with Gasteiger partial charge < -0.3 is 20.1 Å². The van der Waals surface area contributed by atoms with Crippen LogP contribution >= 0.6 is 0 Å². The van der Waals surface area contributed by atoms with E-state index < -0.39 is 5.60 Å². The zero-order chi connectivity index (χ0) is 13.7. The monoisotopic (exact) mass is 274 g/mol. The number of β-amino-alcohol motifs (C(OH)–C–C–N with tert-alkyl or cyclic N) is 1. The summed E-state index contributed by atoms with van der Waals surface area (Å²) in [6, 6.07) is 7.56. The molecular formula is C15H18N2O3. The van der Waals surface area contributed by atoms with Crippen LogP contribution in [0.4, 0.5) is 4.79 Å². The number of ether oxygens (including phenoxy) is 1. The van der Waals surface area contributed by atoms with E-state index >= 15 is 0 Å². The molecule has 0 unspecified atom stereocenters. The Morgan fingerprint density at radius 2 is 2.10 bits per heavy atom. The molecule has 1 aromatic rings. The number of likely N-dealkylation sites (tertiary alicyclic amines) is 1. The van der Waals surface area contributed by atoms with Crippen molar-refractivity contribution in [2.75, 3.05) is 19.7 Å². The fraction of sp³-hybridized carbons (Fsp3) is 0.533. The molecule has 0 spiro atoms. The lowest BCUT2D eigenvalue weighted by Crippen LogP contribution is -2.66. The number of hydrogen-bond donors (Lipinski definition) is 2. The molecule has 106 valence electrons. The van der Waals surface area contributed by atoms with Crippen LogP contribution in [0.3, 0.4) is 0 Å². The summed E-state index contributed by atoms with van der Waals surface area (Å²) in [5.41, 5.74) is 0.403. The highest BCUT2D eigenvalue weighted by atomic mass is 16.5. The molecule has 2 aliphatic heterocycles. The van der Waals surface area contributed by atoms with E-state index in [-0.39, 0.29) is 12.1 Å². The van der Waals surface area contributed by atoms with Crippen LogP contribution in [0.2, 0.25) is 0 Å². The average molecular weight is 274 g/mol. The number of benzene rings is 1. The molecule has 4 rings (SSSR count). The molecule has 0 bridgehead atoms. The predicted molar refractivity (Wildman–Crippen MR) is 72.5 cm³/mol. The van der Waals surface area contributed by atoms with Crippen molar-refractivity contribution in [3.63, 3.8) is 0 Å². The first-order chi connectivity index (χ1) is 9.66. The van der Waals surface area contributed by atoms with Crippen molar-refractivity contribution < 1.29 is 14.6 Å². The molecule has 1 saturated heterocycles. The van der Waals surface area contributed by atoms with Crippen LogP contribution in [0.1, 0.15) is 24.4 Å². The highest BCUT2D eigenvalue weighted by Gasteiger charge is 2.53. The van der Waals surface area contributed by atoms with E-state index in [0.29, 0.717) is 25.6 Å². The number of carbonyl (C=O) groups excluding carboxylic acids is 1. The minimum atomic E-state index is -0.624. The van der Waals surface area contributed by atoms with E-state index in [2.05, 4.69) is 5.32 Å². The van der Waals surface area contributed by atoms with Crippen molar-refractivity contribution in [1.82, 2.24) is 10.2 Å². The second-order valence-electron chi connectivity index (χ2n) is 6.08. The van der Waals surface area contributed by atoms with Gasteiger partial charge in [0.05, 0.1) is 19.1 Å². The van der Waals surface area contributed by atoms with Gasteiger partial charge in [-0.2, -0.15) is 0 Å². The molecule has 1 atom stereocenters. The first-order valence-electron chi connectivity index (χ1n) is 7.15. The highest BCUT2D eigenvalue weighted by Crippen LogP contribution is 2.44. The molecule has 2 fully saturated rings. The molecule has 5 nitrogen and oxygen atoms in total. The summed E-state index contributed by atoms with van der Waals surface area (Å²) in [5.74, 6) is 1.25. The quantitative estimate of drug-likeness (QED) is 0.854. The van der Waals surface area contributed by atoms with Crippen LogP contribution in [-0.4, -0.2) is 41.3 Å². The normalized spacial score (nSPS) is 26.4. The average Bonchev–Trinajstić information content (AvgIpc) is 3.19. The minimum Gasteiger partial charge on any atom is -0.491 e. The summed E-state index contributed by atoms with van der Waals surface area (Å²) in [6.45, 7) is 1.39. The lowest BCUT2D eigenvalue weighted by Gasteiger charge is -2.47. The summed E-state index contributed by atoms with van der Waals surface area (Å²) in [7, 11) is 0. The molecule has 1 saturated carbocycles. The predicted octanol–water partition coefficient (Wildman–Crippen LogP) is 1.29. The number of nitrogens with zero attached hydrogens (tertiary/aromatic N) is 1. The zero-order valence-electron chi connectivity index (χ0n) is 11.2. The minimum absolute atomic E-state index is 0.0895. The fourth-order valence-electron chi connectivity index (χ4n) is 3.16. The van der Waals surface area contributed by atoms with Crippen molar-refractivity contribution >= 4 is 6.03 Å². The van der Waals surface area contributed by atoms with E-state index in [4.69, 9.17) is 4.74 Å². The second kappa shape index (κ2) is 4.12. The van der Waals surface area contributed by atoms with Gasteiger partial charge in [0, 0.05) is 5.56 Å². The summed E-state index contributed by atoms with van der Waals surface area (Å²) >= 11 is 0. The number of urea groups is 1. The highest BCUT2D eigenvalue weighted by molar-refractivity contribution is 5.76. The number of para-hydroxylation sites is 1. The van der Waals surface area contributed by atoms with Gasteiger partial charge in [0.25, 0.3) is 0 Å². The number of aliphatic hydroxyl groups is 1. The van der Waals surface area contributed by atoms with Gasteiger partial charge >= 0.3 is 6.03 Å². The van der Waals surface area contributed by atoms with Crippen LogP contribution in [0.25, 0.3) is 0 Å². The fourth-order valence-corrected chi connectivity index (χ4v) is 3.16. The molecule has 20 heavy (non-hydrogen) atoms. The maximum atomic E-state index is 12.2. The Hall–Kier alpha value is -1.75. The van der Waals surface area contributed by atoms with Crippen LogP contribution in [0.15, 0.2) is 24.3 Å². The summed E-state index contributed by atoms with van der Waals surface area (Å²) in [5, 5.41) is 13.2. The number of amides is 2. The lowest BCUT2D eigenvalue weighted by atomic mass is 9.89. The number of carbonyl (C=O) groups is 1. The van der Waals surface area contributed by atoms with E-state index in [0.717, 1.165) is 24.2 Å². The third-order valence-electron chi connectivity index (χ3n) is 4.55. The van der Waals surface area contributed by atoms with Crippen LogP contribution in [0.5, 0.6) is 5.75 Å². The Morgan fingerprint density at radius 1 is 1.35 bits per heavy atom. The van der Waals surface area contributed by atoms with Crippen LogP contribution in [-0.2, 0) is 0 Å². The third-order valence-corrected chi connectivity index (χ3v) is 4.55. The van der Waals surface area contributed by atoms with Crippen LogP contribution < -0.4 is 10.1 Å². The van der Waals surface area contributed by atoms with Gasteiger partial charge in [-0.25, -0.2) is 4.79 Å². The topological polar surface area (TPSA) is 61.8 Å². The first-order valence-corrected chi connectivity index (χ1v) is 7.15. The van der Waals surface area contributed by atoms with E-state index in [1.165, 1.54) is 0 Å². The van der Waals surface area contributed by atoms with Gasteiger partial charge in [-0.15, -0.1) is 0 Å². The zero-order valence-corrected chi connectivity index (χ0v) is 11.2. The molecule has 2 N–H and O–H groups in total. The van der Waals surface area contributed by atoms with Gasteiger partial charge in [-0.05, 0) is 24.8 Å². The third kappa shape index (κ3) is 1.85. The Morgan fingerprint density at radius 3 is 2.85 bits per heavy atom. The maximum Gasteiger partial charge on any atom is 0.318 e. The van der Waals surface area contributed by atoms with E-state index in [1.807, 2.05) is 24.3 Å². The van der Waals surface area contributed by atoms with E-state index in [9.17, 15) is 9.90 Å². The molecule has 3 aliphatic rings. The molecule has 0 radical (unpaired) electrons. The summed E-state index contributed by atoms with van der Waals surface area (Å²) in [6.07, 6.45) is 2.19. The van der Waals surface area contributed by atoms with Gasteiger partial charge in [0.1, 0.15) is 18.0 Å². The molecular weight excluding hydrogens is 256 g/mol. The number of hydrogen-bond acceptors (Lipinski definition) is 3. The van der Waals surface area contributed by atoms with Gasteiger partial charge in [0.15, 0.2) is 0 Å². The van der Waals surface area contributed by atoms with Gasteiger partial charge in [-0.3, -0.25) is 0 Å². The number of fused-ring (bicyclic) bond motifs is 1. The standard InChI is InChI=1S/C15H18N2O3/c18-14(17-8-15(19,9-17)10-5-6-10)16-12-7-20-13-4-2-1-3-11(12)13/h1-4,10,12,19H,5-9H2,(H,16,18)/t12-/m0/s1. The van der Waals surface area contributed by atoms with Crippen molar-refractivity contribution in [2.45, 2.75) is 24.5 Å². The number of nitrogens with one attached hydrogen (secondary N) is 1. The smallest absolute Gasteiger partial charge is 0.318 e. The molecule has 2 amide bonds. The Balaban J connectivity index is 1.38. The Kier molecular flexibility index (Phi) is 2.48. The van der Waals surface area contributed by atoms with Crippen LogP contribution in [0, 0.1) is 5.92 Å².